The van der Waals surface area contributed by atoms with Crippen molar-refractivity contribution in [2.75, 3.05) is 27.3 Å². The molecule has 1 aromatic carbocycles. The first-order valence-corrected chi connectivity index (χ1v) is 14.3. The van der Waals surface area contributed by atoms with Crippen LogP contribution in [-0.2, 0) is 23.0 Å². The summed E-state index contributed by atoms with van der Waals surface area (Å²) in [6.45, 7) is 10.1. The Kier molecular flexibility index (Phi) is 9.42. The first-order chi connectivity index (χ1) is 18.2. The minimum atomic E-state index is -0.0284. The molecular weight excluding hydrogens is 476 g/mol. The molecular formula is C31H46N4O3. The molecule has 1 aliphatic carbocycles. The fraction of sp³-hybridized carbons (Fsp3) is 0.645. The second kappa shape index (κ2) is 12.6. The molecule has 1 saturated heterocycles. The molecule has 0 radical (unpaired) electrons. The number of likely N-dealkylation sites (tertiary alicyclic amines) is 1. The van der Waals surface area contributed by atoms with E-state index in [4.69, 9.17) is 9.47 Å². The molecule has 2 unspecified atom stereocenters. The van der Waals surface area contributed by atoms with Gasteiger partial charge in [-0.1, -0.05) is 57.9 Å². The Morgan fingerprint density at radius 3 is 2.32 bits per heavy atom. The summed E-state index contributed by atoms with van der Waals surface area (Å²) in [6, 6.07) is 9.65. The molecule has 38 heavy (non-hydrogen) atoms. The highest BCUT2D eigenvalue weighted by molar-refractivity contribution is 5.94. The van der Waals surface area contributed by atoms with Gasteiger partial charge in [0.15, 0.2) is 5.69 Å². The van der Waals surface area contributed by atoms with Crippen LogP contribution in [-0.4, -0.2) is 66.5 Å². The summed E-state index contributed by atoms with van der Waals surface area (Å²) < 4.78 is 11.3. The Bertz CT molecular complexity index is 1070. The van der Waals surface area contributed by atoms with Gasteiger partial charge >= 0.3 is 0 Å². The van der Waals surface area contributed by atoms with Gasteiger partial charge in [0.2, 0.25) is 5.88 Å². The molecule has 2 atom stereocenters. The van der Waals surface area contributed by atoms with E-state index < -0.39 is 0 Å². The largest absolute Gasteiger partial charge is 0.480 e. The molecule has 2 aromatic rings. The molecule has 7 heteroatoms. The van der Waals surface area contributed by atoms with Crippen LogP contribution < -0.4 is 10.1 Å². The highest BCUT2D eigenvalue weighted by atomic mass is 16.5. The van der Waals surface area contributed by atoms with Crippen molar-refractivity contribution in [3.05, 3.63) is 52.2 Å². The summed E-state index contributed by atoms with van der Waals surface area (Å²) in [7, 11) is 3.44. The minimum absolute atomic E-state index is 0.0284. The Balaban J connectivity index is 1.39. The van der Waals surface area contributed by atoms with Crippen molar-refractivity contribution < 1.29 is 14.3 Å². The van der Waals surface area contributed by atoms with E-state index in [1.165, 1.54) is 30.4 Å². The number of carbonyl (C=O) groups excluding carboxylic acids is 1. The fourth-order valence-electron chi connectivity index (χ4n) is 5.91. The maximum atomic E-state index is 13.5. The van der Waals surface area contributed by atoms with E-state index >= 15 is 0 Å². The number of carbonyl (C=O) groups is 1. The molecule has 1 aliphatic heterocycles. The number of piperidine rings is 1. The summed E-state index contributed by atoms with van der Waals surface area (Å²) in [4.78, 5) is 15.5. The van der Waals surface area contributed by atoms with Crippen LogP contribution in [0.4, 0.5) is 0 Å². The Labute approximate surface area is 228 Å². The van der Waals surface area contributed by atoms with Crippen molar-refractivity contribution in [1.29, 1.82) is 0 Å². The van der Waals surface area contributed by atoms with Crippen LogP contribution in [0.2, 0.25) is 0 Å². The van der Waals surface area contributed by atoms with Crippen LogP contribution in [0, 0.1) is 6.92 Å². The van der Waals surface area contributed by atoms with Gasteiger partial charge in [0.05, 0.1) is 13.2 Å². The Morgan fingerprint density at radius 2 is 1.68 bits per heavy atom. The molecule has 2 aliphatic rings. The van der Waals surface area contributed by atoms with E-state index in [-0.39, 0.29) is 11.3 Å². The van der Waals surface area contributed by atoms with Crippen molar-refractivity contribution in [2.24, 2.45) is 0 Å². The Hall–Kier alpha value is -2.51. The van der Waals surface area contributed by atoms with E-state index in [1.54, 1.807) is 7.11 Å². The van der Waals surface area contributed by atoms with Crippen molar-refractivity contribution >= 4 is 5.91 Å². The van der Waals surface area contributed by atoms with Crippen LogP contribution >= 0.6 is 0 Å². The molecule has 1 aromatic heterocycles. The van der Waals surface area contributed by atoms with Gasteiger partial charge in [0.25, 0.3) is 5.91 Å². The summed E-state index contributed by atoms with van der Waals surface area (Å²) in [6.07, 6.45) is 8.59. The number of amides is 1. The lowest BCUT2D eigenvalue weighted by Crippen LogP contribution is -2.52. The van der Waals surface area contributed by atoms with Crippen molar-refractivity contribution in [3.8, 4) is 5.88 Å². The molecule has 2 heterocycles. The van der Waals surface area contributed by atoms with E-state index in [2.05, 4.69) is 60.6 Å². The second-order valence-electron chi connectivity index (χ2n) is 12.0. The van der Waals surface area contributed by atoms with Crippen LogP contribution in [0.1, 0.15) is 92.0 Å². The van der Waals surface area contributed by atoms with Gasteiger partial charge in [0.1, 0.15) is 0 Å². The zero-order valence-corrected chi connectivity index (χ0v) is 24.2. The number of ether oxygens (including phenoxy) is 2. The SMILES string of the molecule is COc1nnc(C(=O)N2CCC(NC3CCCCC3OC)CC2)c(C)c1CCc1ccc(C(C)(C)C)cc1. The molecule has 1 amide bonds. The van der Waals surface area contributed by atoms with Gasteiger partial charge in [0, 0.05) is 37.8 Å². The number of aryl methyl sites for hydroxylation is 1. The Morgan fingerprint density at radius 1 is 1.00 bits per heavy atom. The molecule has 1 N–H and O–H groups in total. The molecule has 208 valence electrons. The lowest BCUT2D eigenvalue weighted by molar-refractivity contribution is 0.0329. The monoisotopic (exact) mass is 522 g/mol. The van der Waals surface area contributed by atoms with Crippen LogP contribution in [0.5, 0.6) is 5.88 Å². The third-order valence-corrected chi connectivity index (χ3v) is 8.42. The van der Waals surface area contributed by atoms with Crippen LogP contribution in [0.25, 0.3) is 0 Å². The quantitative estimate of drug-likeness (QED) is 0.524. The van der Waals surface area contributed by atoms with E-state index in [9.17, 15) is 4.79 Å². The predicted octanol–water partition coefficient (Wildman–Crippen LogP) is 5.03. The lowest BCUT2D eigenvalue weighted by Gasteiger charge is -2.38. The van der Waals surface area contributed by atoms with Crippen LogP contribution in [0.3, 0.4) is 0 Å². The van der Waals surface area contributed by atoms with Gasteiger partial charge < -0.3 is 19.7 Å². The molecule has 0 bridgehead atoms. The van der Waals surface area contributed by atoms with E-state index in [1.807, 2.05) is 18.9 Å². The van der Waals surface area contributed by atoms with Crippen LogP contribution in [0.15, 0.2) is 24.3 Å². The number of nitrogens with one attached hydrogen (secondary N) is 1. The number of benzene rings is 1. The lowest BCUT2D eigenvalue weighted by atomic mass is 9.86. The smallest absolute Gasteiger partial charge is 0.274 e. The number of hydrogen-bond acceptors (Lipinski definition) is 6. The topological polar surface area (TPSA) is 76.6 Å². The molecule has 2 fully saturated rings. The maximum absolute atomic E-state index is 13.5. The third-order valence-electron chi connectivity index (χ3n) is 8.42. The summed E-state index contributed by atoms with van der Waals surface area (Å²) in [5.41, 5.74) is 5.00. The van der Waals surface area contributed by atoms with Gasteiger partial charge in [-0.2, -0.15) is 0 Å². The normalized spacial score (nSPS) is 20.9. The average molecular weight is 523 g/mol. The zero-order valence-electron chi connectivity index (χ0n) is 24.2. The highest BCUT2D eigenvalue weighted by Crippen LogP contribution is 2.27. The predicted molar refractivity (Wildman–Crippen MR) is 151 cm³/mol. The van der Waals surface area contributed by atoms with Gasteiger partial charge in [-0.15, -0.1) is 10.2 Å². The van der Waals surface area contributed by atoms with Gasteiger partial charge in [-0.25, -0.2) is 0 Å². The summed E-state index contributed by atoms with van der Waals surface area (Å²) in [5.74, 6) is 0.479. The minimum Gasteiger partial charge on any atom is -0.480 e. The second-order valence-corrected chi connectivity index (χ2v) is 12.0. The van der Waals surface area contributed by atoms with Gasteiger partial charge in [-0.05, 0) is 67.6 Å². The van der Waals surface area contributed by atoms with Crippen molar-refractivity contribution in [3.63, 3.8) is 0 Å². The number of aromatic nitrogens is 2. The number of hydrogen-bond donors (Lipinski definition) is 1. The number of methoxy groups -OCH3 is 2. The standard InChI is InChI=1S/C31H46N4O3/c1-21-25(16-13-22-11-14-23(15-12-22)31(2,3)4)29(38-6)34-33-28(21)30(36)35-19-17-24(18-20-35)32-26-9-7-8-10-27(26)37-5/h11-12,14-15,24,26-27,32H,7-10,13,16-20H2,1-6H3. The first-order valence-electron chi connectivity index (χ1n) is 14.3. The summed E-state index contributed by atoms with van der Waals surface area (Å²) >= 11 is 0. The highest BCUT2D eigenvalue weighted by Gasteiger charge is 2.31. The molecule has 7 nitrogen and oxygen atoms in total. The van der Waals surface area contributed by atoms with Crippen molar-refractivity contribution in [1.82, 2.24) is 20.4 Å². The van der Waals surface area contributed by atoms with E-state index in [0.29, 0.717) is 29.8 Å². The van der Waals surface area contributed by atoms with E-state index in [0.717, 1.165) is 56.3 Å². The first kappa shape index (κ1) is 28.5. The average Bonchev–Trinajstić information content (AvgIpc) is 2.92. The zero-order chi connectivity index (χ0) is 27.3. The number of nitrogens with zero attached hydrogens (tertiary/aromatic N) is 3. The number of rotatable bonds is 8. The maximum Gasteiger partial charge on any atom is 0.274 e. The molecule has 4 rings (SSSR count). The summed E-state index contributed by atoms with van der Waals surface area (Å²) in [5, 5.41) is 12.4. The van der Waals surface area contributed by atoms with Gasteiger partial charge in [-0.3, -0.25) is 4.79 Å². The fourth-order valence-corrected chi connectivity index (χ4v) is 5.91. The molecule has 1 saturated carbocycles. The van der Waals surface area contributed by atoms with Crippen molar-refractivity contribution in [2.45, 2.75) is 103 Å². The third kappa shape index (κ3) is 6.73. The molecule has 0 spiro atoms.